The maximum Gasteiger partial charge on any atom is 0.259 e. The molecule has 126 valence electrons. The smallest absolute Gasteiger partial charge is 0.259 e. The molecule has 2 heterocycles. The highest BCUT2D eigenvalue weighted by Crippen LogP contribution is 2.29. The fraction of sp³-hybridized carbons (Fsp3) is 0.250. The molecule has 0 spiro atoms. The first-order chi connectivity index (χ1) is 11.9. The normalized spacial score (nSPS) is 11.6. The SMILES string of the molecule is Cc1ccc(C)c(-c2nc3c(C)c4ncn(C)c4c(C)c3c(=O)[nH]2)c1. The lowest BCUT2D eigenvalue weighted by molar-refractivity contribution is 0.944. The standard InChI is InChI=1S/C20H20N4O/c1-10-6-7-11(2)14(8-10)19-22-16-13(4)17-18(24(5)9-21-17)12(3)15(16)20(25)23-19/h6-9H,1-5H3,(H,22,23,25). The Balaban J connectivity index is 2.15. The van der Waals surface area contributed by atoms with E-state index in [9.17, 15) is 4.79 Å². The minimum Gasteiger partial charge on any atom is -0.333 e. The molecule has 5 heteroatoms. The Bertz CT molecular complexity index is 1210. The van der Waals surface area contributed by atoms with E-state index in [-0.39, 0.29) is 5.56 Å². The molecule has 2 aromatic heterocycles. The molecule has 5 nitrogen and oxygen atoms in total. The van der Waals surface area contributed by atoms with Gasteiger partial charge in [-0.15, -0.1) is 0 Å². The van der Waals surface area contributed by atoms with Gasteiger partial charge in [-0.3, -0.25) is 4.79 Å². The van der Waals surface area contributed by atoms with Crippen molar-refractivity contribution in [3.63, 3.8) is 0 Å². The zero-order chi connectivity index (χ0) is 17.9. The second kappa shape index (κ2) is 5.28. The summed E-state index contributed by atoms with van der Waals surface area (Å²) in [6.07, 6.45) is 1.78. The summed E-state index contributed by atoms with van der Waals surface area (Å²) in [6.45, 7) is 8.00. The van der Waals surface area contributed by atoms with Gasteiger partial charge < -0.3 is 9.55 Å². The quantitative estimate of drug-likeness (QED) is 0.578. The van der Waals surface area contributed by atoms with Crippen LogP contribution in [0.1, 0.15) is 22.3 Å². The minimum atomic E-state index is -0.107. The number of aryl methyl sites for hydroxylation is 5. The van der Waals surface area contributed by atoms with Crippen LogP contribution in [0.3, 0.4) is 0 Å². The summed E-state index contributed by atoms with van der Waals surface area (Å²) >= 11 is 0. The number of aromatic nitrogens is 4. The van der Waals surface area contributed by atoms with Crippen molar-refractivity contribution in [3.8, 4) is 11.4 Å². The third-order valence-corrected chi connectivity index (χ3v) is 4.95. The molecule has 0 bridgehead atoms. The number of nitrogens with zero attached hydrogens (tertiary/aromatic N) is 3. The molecule has 0 aliphatic rings. The highest BCUT2D eigenvalue weighted by atomic mass is 16.1. The van der Waals surface area contributed by atoms with Gasteiger partial charge in [-0.1, -0.05) is 17.7 Å². The fourth-order valence-electron chi connectivity index (χ4n) is 3.59. The summed E-state index contributed by atoms with van der Waals surface area (Å²) in [5.74, 6) is 0.608. The Morgan fingerprint density at radius 2 is 1.80 bits per heavy atom. The van der Waals surface area contributed by atoms with Crippen LogP contribution in [0.4, 0.5) is 0 Å². The van der Waals surface area contributed by atoms with Crippen molar-refractivity contribution in [3.05, 3.63) is 57.1 Å². The van der Waals surface area contributed by atoms with Gasteiger partial charge in [0, 0.05) is 18.2 Å². The van der Waals surface area contributed by atoms with E-state index in [0.717, 1.165) is 44.4 Å². The zero-order valence-corrected chi connectivity index (χ0v) is 15.1. The third-order valence-electron chi connectivity index (χ3n) is 4.95. The predicted octanol–water partition coefficient (Wildman–Crippen LogP) is 3.71. The van der Waals surface area contributed by atoms with Gasteiger partial charge >= 0.3 is 0 Å². The summed E-state index contributed by atoms with van der Waals surface area (Å²) in [7, 11) is 1.94. The number of hydrogen-bond acceptors (Lipinski definition) is 3. The number of benzene rings is 2. The Hall–Kier alpha value is -2.95. The van der Waals surface area contributed by atoms with Gasteiger partial charge in [-0.05, 0) is 44.9 Å². The van der Waals surface area contributed by atoms with E-state index < -0.39 is 0 Å². The molecule has 2 aromatic carbocycles. The van der Waals surface area contributed by atoms with Gasteiger partial charge in [-0.2, -0.15) is 0 Å². The van der Waals surface area contributed by atoms with Crippen molar-refractivity contribution >= 4 is 21.9 Å². The lowest BCUT2D eigenvalue weighted by Gasteiger charge is -2.11. The average molecular weight is 332 g/mol. The molecule has 4 aromatic rings. The van der Waals surface area contributed by atoms with Crippen molar-refractivity contribution in [2.45, 2.75) is 27.7 Å². The molecule has 25 heavy (non-hydrogen) atoms. The molecule has 0 fully saturated rings. The highest BCUT2D eigenvalue weighted by molar-refractivity contribution is 6.01. The summed E-state index contributed by atoms with van der Waals surface area (Å²) in [4.78, 5) is 25.2. The zero-order valence-electron chi connectivity index (χ0n) is 15.1. The summed E-state index contributed by atoms with van der Waals surface area (Å²) in [5.41, 5.74) is 7.53. The van der Waals surface area contributed by atoms with Gasteiger partial charge in [0.05, 0.1) is 28.3 Å². The number of aromatic amines is 1. The van der Waals surface area contributed by atoms with Crippen molar-refractivity contribution in [2.75, 3.05) is 0 Å². The Labute approximate surface area is 145 Å². The lowest BCUT2D eigenvalue weighted by atomic mass is 10.0. The average Bonchev–Trinajstić information content (AvgIpc) is 2.96. The maximum atomic E-state index is 12.9. The minimum absolute atomic E-state index is 0.107. The Kier molecular flexibility index (Phi) is 3.29. The summed E-state index contributed by atoms with van der Waals surface area (Å²) < 4.78 is 1.95. The molecule has 0 unspecified atom stereocenters. The molecule has 0 aliphatic carbocycles. The number of nitrogens with one attached hydrogen (secondary N) is 1. The number of H-pyrrole nitrogens is 1. The van der Waals surface area contributed by atoms with Crippen LogP contribution in [0.2, 0.25) is 0 Å². The van der Waals surface area contributed by atoms with Crippen molar-refractivity contribution in [2.24, 2.45) is 7.05 Å². The molecule has 4 rings (SSSR count). The predicted molar refractivity (Wildman–Crippen MR) is 101 cm³/mol. The van der Waals surface area contributed by atoms with Crippen molar-refractivity contribution in [1.82, 2.24) is 19.5 Å². The topological polar surface area (TPSA) is 63.6 Å². The molecule has 1 N–H and O–H groups in total. The van der Waals surface area contributed by atoms with Crippen LogP contribution in [0.5, 0.6) is 0 Å². The number of fused-ring (bicyclic) bond motifs is 2. The van der Waals surface area contributed by atoms with Gasteiger partial charge in [0.25, 0.3) is 5.56 Å². The summed E-state index contributed by atoms with van der Waals surface area (Å²) in [5, 5.41) is 0.641. The van der Waals surface area contributed by atoms with E-state index >= 15 is 0 Å². The first-order valence-electron chi connectivity index (χ1n) is 8.30. The molecule has 0 aliphatic heterocycles. The molecule has 0 saturated carbocycles. The van der Waals surface area contributed by atoms with Gasteiger partial charge in [0.15, 0.2) is 0 Å². The molecule has 0 saturated heterocycles. The first kappa shape index (κ1) is 15.6. The second-order valence-electron chi connectivity index (χ2n) is 6.76. The van der Waals surface area contributed by atoms with Crippen LogP contribution in [0.25, 0.3) is 33.3 Å². The fourth-order valence-corrected chi connectivity index (χ4v) is 3.59. The number of imidazole rings is 1. The van der Waals surface area contributed by atoms with Crippen LogP contribution < -0.4 is 5.56 Å². The van der Waals surface area contributed by atoms with Crippen LogP contribution in [0, 0.1) is 27.7 Å². The molecule has 0 atom stereocenters. The number of hydrogen-bond donors (Lipinski definition) is 1. The monoisotopic (exact) mass is 332 g/mol. The molecular formula is C20H20N4O. The molecule has 0 radical (unpaired) electrons. The largest absolute Gasteiger partial charge is 0.333 e. The van der Waals surface area contributed by atoms with Crippen molar-refractivity contribution in [1.29, 1.82) is 0 Å². The van der Waals surface area contributed by atoms with Gasteiger partial charge in [0.1, 0.15) is 5.82 Å². The van der Waals surface area contributed by atoms with E-state index in [1.54, 1.807) is 6.33 Å². The van der Waals surface area contributed by atoms with Crippen LogP contribution in [-0.4, -0.2) is 19.5 Å². The van der Waals surface area contributed by atoms with Crippen LogP contribution >= 0.6 is 0 Å². The summed E-state index contributed by atoms with van der Waals surface area (Å²) in [6, 6.07) is 6.17. The van der Waals surface area contributed by atoms with Gasteiger partial charge in [-0.25, -0.2) is 9.97 Å². The lowest BCUT2D eigenvalue weighted by Crippen LogP contribution is -2.13. The van der Waals surface area contributed by atoms with Crippen LogP contribution in [0.15, 0.2) is 29.3 Å². The maximum absolute atomic E-state index is 12.9. The number of rotatable bonds is 1. The highest BCUT2D eigenvalue weighted by Gasteiger charge is 2.18. The van der Waals surface area contributed by atoms with E-state index in [2.05, 4.69) is 28.2 Å². The first-order valence-corrected chi connectivity index (χ1v) is 8.30. The van der Waals surface area contributed by atoms with E-state index in [1.165, 1.54) is 0 Å². The van der Waals surface area contributed by atoms with E-state index in [1.807, 2.05) is 39.3 Å². The van der Waals surface area contributed by atoms with Crippen molar-refractivity contribution < 1.29 is 0 Å². The Morgan fingerprint density at radius 1 is 1.04 bits per heavy atom. The molecule has 0 amide bonds. The second-order valence-corrected chi connectivity index (χ2v) is 6.76. The molecular weight excluding hydrogens is 312 g/mol. The van der Waals surface area contributed by atoms with E-state index in [4.69, 9.17) is 4.98 Å². The van der Waals surface area contributed by atoms with Crippen LogP contribution in [-0.2, 0) is 7.05 Å². The Morgan fingerprint density at radius 3 is 2.56 bits per heavy atom. The third kappa shape index (κ3) is 2.19. The van der Waals surface area contributed by atoms with Gasteiger partial charge in [0.2, 0.25) is 0 Å². The van der Waals surface area contributed by atoms with E-state index in [0.29, 0.717) is 11.2 Å².